The van der Waals surface area contributed by atoms with E-state index in [-0.39, 0.29) is 0 Å². The van der Waals surface area contributed by atoms with Crippen LogP contribution in [0.15, 0.2) is 12.1 Å². The SMILES string of the molecule is CC(C)(C)OC(=O)c1c(N)ccc2c1OC[C@H]1CCN21. The van der Waals surface area contributed by atoms with Gasteiger partial charge in [0.15, 0.2) is 5.75 Å². The van der Waals surface area contributed by atoms with Crippen LogP contribution in [0, 0.1) is 0 Å². The fourth-order valence-corrected chi connectivity index (χ4v) is 2.61. The highest BCUT2D eigenvalue weighted by atomic mass is 16.6. The molecule has 3 rings (SSSR count). The highest BCUT2D eigenvalue weighted by Gasteiger charge is 2.37. The van der Waals surface area contributed by atoms with Crippen LogP contribution in [0.25, 0.3) is 0 Å². The molecule has 1 aromatic rings. The molecule has 1 aromatic carbocycles. The van der Waals surface area contributed by atoms with Crippen LogP contribution < -0.4 is 15.4 Å². The number of anilines is 2. The molecule has 0 unspecified atom stereocenters. The van der Waals surface area contributed by atoms with Crippen LogP contribution >= 0.6 is 0 Å². The maximum atomic E-state index is 12.4. The molecular weight excluding hydrogens is 256 g/mol. The van der Waals surface area contributed by atoms with Crippen molar-refractivity contribution in [2.45, 2.75) is 38.8 Å². The average molecular weight is 276 g/mol. The molecule has 0 spiro atoms. The molecule has 0 aromatic heterocycles. The van der Waals surface area contributed by atoms with E-state index in [1.807, 2.05) is 26.8 Å². The Hall–Kier alpha value is -1.91. The molecule has 2 aliphatic rings. The molecule has 108 valence electrons. The summed E-state index contributed by atoms with van der Waals surface area (Å²) in [6.07, 6.45) is 1.13. The van der Waals surface area contributed by atoms with Gasteiger partial charge in [-0.15, -0.1) is 0 Å². The second kappa shape index (κ2) is 4.30. The van der Waals surface area contributed by atoms with Crippen molar-refractivity contribution in [2.24, 2.45) is 0 Å². The number of ether oxygens (including phenoxy) is 2. The summed E-state index contributed by atoms with van der Waals surface area (Å²) >= 11 is 0. The Labute approximate surface area is 118 Å². The molecule has 0 amide bonds. The highest BCUT2D eigenvalue weighted by molar-refractivity contribution is 6.01. The van der Waals surface area contributed by atoms with Crippen molar-refractivity contribution < 1.29 is 14.3 Å². The minimum absolute atomic E-state index is 0.350. The molecule has 0 saturated carbocycles. The first kappa shape index (κ1) is 13.1. The number of hydrogen-bond acceptors (Lipinski definition) is 5. The summed E-state index contributed by atoms with van der Waals surface area (Å²) in [6, 6.07) is 4.10. The standard InChI is InChI=1S/C15H20N2O3/c1-15(2,3)20-14(18)12-10(16)4-5-11-13(12)19-8-9-6-7-17(9)11/h4-5,9H,6-8,16H2,1-3H3/t9-/m1/s1. The lowest BCUT2D eigenvalue weighted by Gasteiger charge is -2.46. The van der Waals surface area contributed by atoms with Gasteiger partial charge in [0.1, 0.15) is 17.8 Å². The van der Waals surface area contributed by atoms with Gasteiger partial charge in [-0.3, -0.25) is 0 Å². The molecule has 0 radical (unpaired) electrons. The van der Waals surface area contributed by atoms with Gasteiger partial charge >= 0.3 is 5.97 Å². The van der Waals surface area contributed by atoms with Crippen LogP contribution in [0.4, 0.5) is 11.4 Å². The third-order valence-corrected chi connectivity index (χ3v) is 3.65. The maximum absolute atomic E-state index is 12.4. The maximum Gasteiger partial charge on any atom is 0.344 e. The molecule has 2 heterocycles. The zero-order chi connectivity index (χ0) is 14.5. The zero-order valence-corrected chi connectivity index (χ0v) is 12.1. The van der Waals surface area contributed by atoms with Gasteiger partial charge in [0.25, 0.3) is 0 Å². The molecule has 2 N–H and O–H groups in total. The molecule has 1 fully saturated rings. The number of rotatable bonds is 1. The summed E-state index contributed by atoms with van der Waals surface area (Å²) in [6.45, 7) is 7.11. The normalized spacial score (nSPS) is 20.4. The molecule has 1 saturated heterocycles. The summed E-state index contributed by atoms with van der Waals surface area (Å²) in [4.78, 5) is 14.6. The number of nitrogen functional groups attached to an aromatic ring is 1. The monoisotopic (exact) mass is 276 g/mol. The van der Waals surface area contributed by atoms with E-state index < -0.39 is 11.6 Å². The first-order valence-electron chi connectivity index (χ1n) is 6.92. The van der Waals surface area contributed by atoms with Crippen LogP contribution in [0.5, 0.6) is 5.75 Å². The van der Waals surface area contributed by atoms with Crippen LogP contribution in [0.2, 0.25) is 0 Å². The van der Waals surface area contributed by atoms with Gasteiger partial charge in [0.2, 0.25) is 0 Å². The van der Waals surface area contributed by atoms with Crippen molar-refractivity contribution in [2.75, 3.05) is 23.8 Å². The van der Waals surface area contributed by atoms with E-state index in [2.05, 4.69) is 4.90 Å². The van der Waals surface area contributed by atoms with E-state index in [0.717, 1.165) is 18.7 Å². The van der Waals surface area contributed by atoms with Gasteiger partial charge in [0, 0.05) is 6.54 Å². The van der Waals surface area contributed by atoms with E-state index in [1.54, 1.807) is 6.07 Å². The summed E-state index contributed by atoms with van der Waals surface area (Å²) in [5.74, 6) is 0.140. The summed E-state index contributed by atoms with van der Waals surface area (Å²) in [7, 11) is 0. The molecular formula is C15H20N2O3. The number of nitrogens with zero attached hydrogens (tertiary/aromatic N) is 1. The third kappa shape index (κ3) is 2.07. The van der Waals surface area contributed by atoms with Crippen LogP contribution in [0.1, 0.15) is 37.6 Å². The predicted molar refractivity (Wildman–Crippen MR) is 77.3 cm³/mol. The molecule has 20 heavy (non-hydrogen) atoms. The fraction of sp³-hybridized carbons (Fsp3) is 0.533. The van der Waals surface area contributed by atoms with Crippen LogP contribution in [0.3, 0.4) is 0 Å². The van der Waals surface area contributed by atoms with E-state index >= 15 is 0 Å². The topological polar surface area (TPSA) is 64.8 Å². The first-order valence-corrected chi connectivity index (χ1v) is 6.92. The quantitative estimate of drug-likeness (QED) is 0.629. The van der Waals surface area contributed by atoms with Crippen molar-refractivity contribution >= 4 is 17.3 Å². The fourth-order valence-electron chi connectivity index (χ4n) is 2.61. The summed E-state index contributed by atoms with van der Waals surface area (Å²) < 4.78 is 11.2. The Balaban J connectivity index is 2.00. The molecule has 5 heteroatoms. The number of carbonyl (C=O) groups is 1. The predicted octanol–water partition coefficient (Wildman–Crippen LogP) is 2.20. The first-order chi connectivity index (χ1) is 9.37. The summed E-state index contributed by atoms with van der Waals surface area (Å²) in [5, 5.41) is 0. The number of carbonyl (C=O) groups excluding carboxylic acids is 1. The van der Waals surface area contributed by atoms with Crippen molar-refractivity contribution in [1.82, 2.24) is 0 Å². The Morgan fingerprint density at radius 2 is 2.20 bits per heavy atom. The van der Waals surface area contributed by atoms with Crippen molar-refractivity contribution in [1.29, 1.82) is 0 Å². The van der Waals surface area contributed by atoms with Gasteiger partial charge in [-0.05, 0) is 39.3 Å². The number of esters is 1. The van der Waals surface area contributed by atoms with Crippen molar-refractivity contribution in [3.63, 3.8) is 0 Å². The Bertz CT molecular complexity index is 563. The number of hydrogen-bond donors (Lipinski definition) is 1. The van der Waals surface area contributed by atoms with Crippen LogP contribution in [-0.2, 0) is 4.74 Å². The Morgan fingerprint density at radius 1 is 1.45 bits per heavy atom. The third-order valence-electron chi connectivity index (χ3n) is 3.65. The van der Waals surface area contributed by atoms with Gasteiger partial charge in [-0.2, -0.15) is 0 Å². The smallest absolute Gasteiger partial charge is 0.344 e. The lowest BCUT2D eigenvalue weighted by atomic mass is 9.98. The summed E-state index contributed by atoms with van der Waals surface area (Å²) in [5.41, 5.74) is 7.10. The largest absolute Gasteiger partial charge is 0.488 e. The van der Waals surface area contributed by atoms with E-state index in [0.29, 0.717) is 29.6 Å². The zero-order valence-electron chi connectivity index (χ0n) is 12.1. The number of fused-ring (bicyclic) bond motifs is 3. The van der Waals surface area contributed by atoms with Crippen LogP contribution in [-0.4, -0.2) is 30.8 Å². The second-order valence-electron chi connectivity index (χ2n) is 6.33. The molecule has 0 bridgehead atoms. The number of nitrogens with two attached hydrogens (primary N) is 1. The van der Waals surface area contributed by atoms with E-state index in [9.17, 15) is 4.79 Å². The minimum atomic E-state index is -0.555. The molecule has 0 aliphatic carbocycles. The Morgan fingerprint density at radius 3 is 2.80 bits per heavy atom. The van der Waals surface area contributed by atoms with Gasteiger partial charge < -0.3 is 20.1 Å². The van der Waals surface area contributed by atoms with Crippen molar-refractivity contribution in [3.05, 3.63) is 17.7 Å². The van der Waals surface area contributed by atoms with Gasteiger partial charge in [-0.25, -0.2) is 4.79 Å². The van der Waals surface area contributed by atoms with E-state index in [1.165, 1.54) is 0 Å². The molecule has 1 atom stereocenters. The minimum Gasteiger partial charge on any atom is -0.488 e. The molecule has 5 nitrogen and oxygen atoms in total. The van der Waals surface area contributed by atoms with Crippen molar-refractivity contribution in [3.8, 4) is 5.75 Å². The van der Waals surface area contributed by atoms with Gasteiger partial charge in [0.05, 0.1) is 17.4 Å². The second-order valence-corrected chi connectivity index (χ2v) is 6.33. The lowest BCUT2D eigenvalue weighted by Crippen LogP contribution is -2.53. The average Bonchev–Trinajstić information content (AvgIpc) is 2.27. The lowest BCUT2D eigenvalue weighted by molar-refractivity contribution is 0.00660. The van der Waals surface area contributed by atoms with E-state index in [4.69, 9.17) is 15.2 Å². The Kier molecular flexibility index (Phi) is 2.81. The number of benzene rings is 1. The molecule has 2 aliphatic heterocycles. The van der Waals surface area contributed by atoms with Gasteiger partial charge in [-0.1, -0.05) is 0 Å². The highest BCUT2D eigenvalue weighted by Crippen LogP contribution is 2.43.